The number of morpholine rings is 1. The van der Waals surface area contributed by atoms with Crippen LogP contribution in [0.2, 0.25) is 5.02 Å². The molecule has 7 nitrogen and oxygen atoms in total. The highest BCUT2D eigenvalue weighted by atomic mass is 35.5. The topological polar surface area (TPSA) is 65.5 Å². The van der Waals surface area contributed by atoms with E-state index in [1.165, 1.54) is 17.1 Å². The maximum absolute atomic E-state index is 13.7. The number of hydrazone groups is 1. The van der Waals surface area contributed by atoms with Gasteiger partial charge in [-0.3, -0.25) is 14.5 Å². The van der Waals surface area contributed by atoms with Crippen molar-refractivity contribution >= 4 is 29.1 Å². The van der Waals surface area contributed by atoms with Crippen LogP contribution in [0.1, 0.15) is 36.4 Å². The van der Waals surface area contributed by atoms with Crippen LogP contribution in [0.3, 0.4) is 0 Å². The second-order valence-electron chi connectivity index (χ2n) is 9.52. The largest absolute Gasteiger partial charge is 0.379 e. The summed E-state index contributed by atoms with van der Waals surface area (Å²) in [5, 5.41) is 6.67. The van der Waals surface area contributed by atoms with Crippen LogP contribution in [0.4, 0.5) is 4.39 Å². The van der Waals surface area contributed by atoms with Crippen LogP contribution in [-0.2, 0) is 14.3 Å². The fraction of sp³-hybridized carbons (Fsp3) is 0.444. The zero-order valence-electron chi connectivity index (χ0n) is 20.1. The van der Waals surface area contributed by atoms with Gasteiger partial charge in [0.15, 0.2) is 0 Å². The fourth-order valence-corrected chi connectivity index (χ4v) is 4.98. The molecule has 5 rings (SSSR count). The molecular formula is C27H30ClFN4O3. The molecule has 1 unspecified atom stereocenters. The smallest absolute Gasteiger partial charge is 0.262 e. The lowest BCUT2D eigenvalue weighted by atomic mass is 9.98. The third-order valence-electron chi connectivity index (χ3n) is 6.96. The number of benzene rings is 2. The minimum Gasteiger partial charge on any atom is -0.379 e. The molecule has 2 fully saturated rings. The van der Waals surface area contributed by atoms with E-state index in [-0.39, 0.29) is 30.1 Å². The predicted molar refractivity (Wildman–Crippen MR) is 135 cm³/mol. The van der Waals surface area contributed by atoms with Crippen LogP contribution in [0.25, 0.3) is 0 Å². The molecule has 36 heavy (non-hydrogen) atoms. The minimum absolute atomic E-state index is 0.0127. The van der Waals surface area contributed by atoms with Crippen LogP contribution in [0.5, 0.6) is 0 Å². The van der Waals surface area contributed by atoms with Gasteiger partial charge in [-0.2, -0.15) is 5.10 Å². The molecule has 2 aliphatic heterocycles. The van der Waals surface area contributed by atoms with Crippen molar-refractivity contribution in [2.24, 2.45) is 11.0 Å². The van der Waals surface area contributed by atoms with Gasteiger partial charge < -0.3 is 9.64 Å². The van der Waals surface area contributed by atoms with E-state index in [1.807, 2.05) is 18.2 Å². The highest BCUT2D eigenvalue weighted by Gasteiger charge is 2.38. The molecule has 3 aliphatic rings. The Morgan fingerprint density at radius 1 is 1.08 bits per heavy atom. The van der Waals surface area contributed by atoms with E-state index in [4.69, 9.17) is 16.3 Å². The van der Waals surface area contributed by atoms with Crippen LogP contribution < -0.4 is 0 Å². The van der Waals surface area contributed by atoms with Crippen molar-refractivity contribution in [3.63, 3.8) is 0 Å². The number of ether oxygens (including phenoxy) is 1. The number of carbonyl (C=O) groups excluding carboxylic acids is 2. The number of halogens is 2. The van der Waals surface area contributed by atoms with E-state index in [1.54, 1.807) is 23.1 Å². The van der Waals surface area contributed by atoms with Crippen molar-refractivity contribution in [2.45, 2.75) is 25.3 Å². The van der Waals surface area contributed by atoms with Gasteiger partial charge in [0.25, 0.3) is 5.91 Å². The molecule has 2 amide bonds. The van der Waals surface area contributed by atoms with Gasteiger partial charge in [-0.05, 0) is 42.2 Å². The van der Waals surface area contributed by atoms with Gasteiger partial charge in [0.1, 0.15) is 12.4 Å². The van der Waals surface area contributed by atoms with Crippen molar-refractivity contribution in [1.29, 1.82) is 0 Å². The highest BCUT2D eigenvalue weighted by molar-refractivity contribution is 6.31. The Balaban J connectivity index is 1.37. The Bertz CT molecular complexity index is 1130. The Labute approximate surface area is 215 Å². The average Bonchev–Trinajstić information content (AvgIpc) is 3.66. The first-order valence-electron chi connectivity index (χ1n) is 12.5. The van der Waals surface area contributed by atoms with Crippen LogP contribution in [-0.4, -0.2) is 78.3 Å². The lowest BCUT2D eigenvalue weighted by Crippen LogP contribution is -2.47. The number of carbonyl (C=O) groups is 2. The zero-order valence-corrected chi connectivity index (χ0v) is 20.9. The second-order valence-corrected chi connectivity index (χ2v) is 9.93. The monoisotopic (exact) mass is 512 g/mol. The van der Waals surface area contributed by atoms with Crippen molar-refractivity contribution in [2.75, 3.05) is 45.9 Å². The first kappa shape index (κ1) is 24.9. The highest BCUT2D eigenvalue weighted by Crippen LogP contribution is 2.37. The zero-order chi connectivity index (χ0) is 25.1. The summed E-state index contributed by atoms with van der Waals surface area (Å²) in [4.78, 5) is 30.7. The fourth-order valence-electron chi connectivity index (χ4n) is 4.72. The number of amides is 2. The Morgan fingerprint density at radius 3 is 2.50 bits per heavy atom. The van der Waals surface area contributed by atoms with Crippen LogP contribution >= 0.6 is 11.6 Å². The number of hydrogen-bond acceptors (Lipinski definition) is 5. The Morgan fingerprint density at radius 2 is 1.81 bits per heavy atom. The summed E-state index contributed by atoms with van der Waals surface area (Å²) in [6.45, 7) is 4.17. The van der Waals surface area contributed by atoms with Gasteiger partial charge in [-0.15, -0.1) is 0 Å². The predicted octanol–water partition coefficient (Wildman–Crippen LogP) is 3.73. The first-order valence-corrected chi connectivity index (χ1v) is 12.9. The molecule has 1 saturated heterocycles. The molecule has 0 radical (unpaired) electrons. The van der Waals surface area contributed by atoms with E-state index in [2.05, 4.69) is 10.0 Å². The summed E-state index contributed by atoms with van der Waals surface area (Å²) in [5.41, 5.74) is 2.23. The molecule has 0 N–H and O–H groups in total. The van der Waals surface area contributed by atoms with E-state index in [0.717, 1.165) is 37.1 Å². The third-order valence-corrected chi connectivity index (χ3v) is 7.31. The summed E-state index contributed by atoms with van der Waals surface area (Å²) in [6.07, 6.45) is 2.20. The summed E-state index contributed by atoms with van der Waals surface area (Å²) in [6, 6.07) is 13.1. The molecule has 1 saturated carbocycles. The number of hydrogen-bond donors (Lipinski definition) is 0. The third kappa shape index (κ3) is 5.77. The van der Waals surface area contributed by atoms with Gasteiger partial charge in [-0.25, -0.2) is 9.40 Å². The quantitative estimate of drug-likeness (QED) is 0.540. The molecule has 190 valence electrons. The molecule has 2 aromatic carbocycles. The molecule has 2 heterocycles. The summed E-state index contributed by atoms with van der Waals surface area (Å²) in [7, 11) is 0. The van der Waals surface area contributed by atoms with Crippen molar-refractivity contribution in [3.05, 3.63) is 70.5 Å². The normalized spacial score (nSPS) is 20.3. The van der Waals surface area contributed by atoms with Crippen LogP contribution in [0, 0.1) is 11.7 Å². The number of nitrogens with zero attached hydrogens (tertiary/aromatic N) is 4. The summed E-state index contributed by atoms with van der Waals surface area (Å²) < 4.78 is 18.9. The Kier molecular flexibility index (Phi) is 7.65. The molecule has 2 aromatic rings. The van der Waals surface area contributed by atoms with E-state index in [0.29, 0.717) is 43.5 Å². The van der Waals surface area contributed by atoms with E-state index < -0.39 is 6.04 Å². The molecular weight excluding hydrogens is 483 g/mol. The van der Waals surface area contributed by atoms with Crippen molar-refractivity contribution in [3.8, 4) is 0 Å². The SMILES string of the molecule is O=C(C1CC1)N(CCN1CCOCC1)CC(=O)N1N=C(c2ccc(F)cc2)CC1c1ccccc1Cl. The average molecular weight is 513 g/mol. The summed E-state index contributed by atoms with van der Waals surface area (Å²) in [5.74, 6) is -0.540. The Hall–Kier alpha value is -2.81. The van der Waals surface area contributed by atoms with Gasteiger partial charge in [0.2, 0.25) is 5.91 Å². The van der Waals surface area contributed by atoms with E-state index >= 15 is 0 Å². The second kappa shape index (κ2) is 11.1. The maximum atomic E-state index is 13.7. The molecule has 1 atom stereocenters. The van der Waals surface area contributed by atoms with Crippen LogP contribution in [0.15, 0.2) is 53.6 Å². The molecule has 0 bridgehead atoms. The molecule has 1 aliphatic carbocycles. The molecule has 0 spiro atoms. The van der Waals surface area contributed by atoms with Gasteiger partial charge in [-0.1, -0.05) is 41.9 Å². The lowest BCUT2D eigenvalue weighted by molar-refractivity contribution is -0.142. The molecule has 9 heteroatoms. The van der Waals surface area contributed by atoms with Gasteiger partial charge in [0.05, 0.1) is 25.0 Å². The number of rotatable bonds is 8. The summed E-state index contributed by atoms with van der Waals surface area (Å²) >= 11 is 6.51. The molecule has 0 aromatic heterocycles. The standard InChI is InChI=1S/C27H30ClFN4O3/c28-23-4-2-1-3-22(23)25-17-24(19-7-9-21(29)10-8-19)30-33(25)26(34)18-32(27(35)20-5-6-20)12-11-31-13-15-36-16-14-31/h1-4,7-10,20,25H,5-6,11-18H2. The minimum atomic E-state index is -0.400. The van der Waals surface area contributed by atoms with Crippen molar-refractivity contribution in [1.82, 2.24) is 14.8 Å². The lowest BCUT2D eigenvalue weighted by Gasteiger charge is -2.31. The van der Waals surface area contributed by atoms with Gasteiger partial charge in [0, 0.05) is 43.5 Å². The van der Waals surface area contributed by atoms with Crippen molar-refractivity contribution < 1.29 is 18.7 Å². The van der Waals surface area contributed by atoms with E-state index in [9.17, 15) is 14.0 Å². The first-order chi connectivity index (χ1) is 17.5. The maximum Gasteiger partial charge on any atom is 0.262 e. The van der Waals surface area contributed by atoms with Gasteiger partial charge >= 0.3 is 0 Å².